The number of amides is 1. The number of hydrogen-bond acceptors (Lipinski definition) is 9. The van der Waals surface area contributed by atoms with Crippen molar-refractivity contribution in [2.75, 3.05) is 39.6 Å². The summed E-state index contributed by atoms with van der Waals surface area (Å²) in [6.45, 7) is 11.8. The molecule has 0 bridgehead atoms. The van der Waals surface area contributed by atoms with Gasteiger partial charge >= 0.3 is 17.9 Å². The average Bonchev–Trinajstić information content (AvgIpc) is 2.89. The molecule has 0 aliphatic rings. The monoisotopic (exact) mass is 565 g/mol. The molecule has 0 saturated heterocycles. The standard InChI is InChI=1S/C16H30O6.C11H21NO5/c1-4-16(2,3)15(19)20-11-8-9-13-22-21-12-7-5-6-10-14(17)18;1-3-9(2)11(15)12-6-8-17-16-7-4-5-10(13)14/h4-13H2,1-3H3,(H,17,18);9H,3-8H2,1-2H3,(H,12,15)(H,13,14). The minimum atomic E-state index is -0.852. The van der Waals surface area contributed by atoms with E-state index in [1.54, 1.807) is 0 Å². The van der Waals surface area contributed by atoms with Crippen molar-refractivity contribution in [3.63, 3.8) is 0 Å². The first-order valence-electron chi connectivity index (χ1n) is 13.8. The molecule has 12 nitrogen and oxygen atoms in total. The molecule has 1 unspecified atom stereocenters. The number of carbonyl (C=O) groups is 4. The van der Waals surface area contributed by atoms with Gasteiger partial charge in [0.1, 0.15) is 0 Å². The number of carboxylic acid groups (broad SMARTS) is 2. The van der Waals surface area contributed by atoms with Crippen LogP contribution in [0.3, 0.4) is 0 Å². The van der Waals surface area contributed by atoms with E-state index >= 15 is 0 Å². The van der Waals surface area contributed by atoms with Gasteiger partial charge in [0.2, 0.25) is 5.91 Å². The molecule has 1 atom stereocenters. The molecular formula is C27H51NO11. The van der Waals surface area contributed by atoms with Gasteiger partial charge in [-0.15, -0.1) is 0 Å². The van der Waals surface area contributed by atoms with E-state index in [0.717, 1.165) is 38.5 Å². The zero-order chi connectivity index (χ0) is 29.9. The molecule has 0 saturated carbocycles. The van der Waals surface area contributed by atoms with Crippen LogP contribution in [0.15, 0.2) is 0 Å². The fourth-order valence-electron chi connectivity index (χ4n) is 2.48. The highest BCUT2D eigenvalue weighted by Crippen LogP contribution is 2.21. The van der Waals surface area contributed by atoms with Crippen molar-refractivity contribution in [3.05, 3.63) is 0 Å². The van der Waals surface area contributed by atoms with Crippen LogP contribution in [0.5, 0.6) is 0 Å². The molecule has 12 heteroatoms. The zero-order valence-electron chi connectivity index (χ0n) is 24.5. The van der Waals surface area contributed by atoms with E-state index in [2.05, 4.69) is 5.32 Å². The van der Waals surface area contributed by atoms with E-state index in [1.165, 1.54) is 0 Å². The molecule has 230 valence electrons. The Balaban J connectivity index is 0. The maximum Gasteiger partial charge on any atom is 0.311 e. The SMILES string of the molecule is CCC(C)(C)C(=O)OCCCCOOCCCCCC(=O)O.CCC(C)C(=O)NCCOOCCCC(=O)O. The van der Waals surface area contributed by atoms with Crippen LogP contribution in [0.4, 0.5) is 0 Å². The molecule has 39 heavy (non-hydrogen) atoms. The van der Waals surface area contributed by atoms with E-state index < -0.39 is 17.4 Å². The second-order valence-electron chi connectivity index (χ2n) is 9.67. The molecule has 0 aliphatic carbocycles. The Morgan fingerprint density at radius 1 is 0.718 bits per heavy atom. The van der Waals surface area contributed by atoms with Crippen LogP contribution < -0.4 is 5.32 Å². The third-order valence-corrected chi connectivity index (χ3v) is 5.74. The summed E-state index contributed by atoms with van der Waals surface area (Å²) in [6, 6.07) is 0. The highest BCUT2D eigenvalue weighted by Gasteiger charge is 2.26. The Morgan fingerprint density at radius 3 is 1.74 bits per heavy atom. The van der Waals surface area contributed by atoms with E-state index in [1.807, 2.05) is 34.6 Å². The van der Waals surface area contributed by atoms with Crippen LogP contribution in [-0.2, 0) is 43.5 Å². The maximum absolute atomic E-state index is 11.7. The number of aliphatic carboxylic acids is 2. The molecule has 1 amide bonds. The highest BCUT2D eigenvalue weighted by atomic mass is 17.2. The molecule has 0 spiro atoms. The van der Waals surface area contributed by atoms with Crippen molar-refractivity contribution in [3.8, 4) is 0 Å². The lowest BCUT2D eigenvalue weighted by Crippen LogP contribution is -2.31. The molecule has 0 rings (SSSR count). The molecule has 0 radical (unpaired) electrons. The number of nitrogens with one attached hydrogen (secondary N) is 1. The van der Waals surface area contributed by atoms with Gasteiger partial charge in [-0.3, -0.25) is 19.2 Å². The molecule has 0 aromatic heterocycles. The second kappa shape index (κ2) is 26.0. The Hall–Kier alpha value is -2.28. The maximum atomic E-state index is 11.7. The van der Waals surface area contributed by atoms with Gasteiger partial charge in [-0.2, -0.15) is 0 Å². The van der Waals surface area contributed by atoms with Gasteiger partial charge in [-0.1, -0.05) is 27.2 Å². The predicted molar refractivity (Wildman–Crippen MR) is 144 cm³/mol. The van der Waals surface area contributed by atoms with Crippen molar-refractivity contribution in [2.24, 2.45) is 11.3 Å². The van der Waals surface area contributed by atoms with Gasteiger partial charge < -0.3 is 20.3 Å². The first kappa shape index (κ1) is 38.9. The van der Waals surface area contributed by atoms with Gasteiger partial charge in [0.25, 0.3) is 0 Å². The van der Waals surface area contributed by atoms with Gasteiger partial charge in [0.05, 0.1) is 38.4 Å². The smallest absolute Gasteiger partial charge is 0.311 e. The minimum absolute atomic E-state index is 0.00183. The van der Waals surface area contributed by atoms with Crippen LogP contribution in [0.25, 0.3) is 0 Å². The lowest BCUT2D eigenvalue weighted by Gasteiger charge is -2.20. The lowest BCUT2D eigenvalue weighted by atomic mass is 9.91. The third kappa shape index (κ3) is 27.1. The van der Waals surface area contributed by atoms with Gasteiger partial charge in [0.15, 0.2) is 0 Å². The summed E-state index contributed by atoms with van der Waals surface area (Å²) < 4.78 is 5.21. The van der Waals surface area contributed by atoms with Crippen molar-refractivity contribution >= 4 is 23.8 Å². The number of rotatable bonds is 24. The van der Waals surface area contributed by atoms with E-state index in [4.69, 9.17) is 34.5 Å². The fraction of sp³-hybridized carbons (Fsp3) is 0.852. The van der Waals surface area contributed by atoms with Crippen molar-refractivity contribution < 1.29 is 53.7 Å². The van der Waals surface area contributed by atoms with Crippen molar-refractivity contribution in [1.29, 1.82) is 0 Å². The number of hydrogen-bond donors (Lipinski definition) is 3. The number of unbranched alkanes of at least 4 members (excludes halogenated alkanes) is 3. The Bertz CT molecular complexity index is 656. The van der Waals surface area contributed by atoms with E-state index in [0.29, 0.717) is 39.2 Å². The highest BCUT2D eigenvalue weighted by molar-refractivity contribution is 5.78. The largest absolute Gasteiger partial charge is 0.481 e. The van der Waals surface area contributed by atoms with Gasteiger partial charge in [-0.25, -0.2) is 19.6 Å². The summed E-state index contributed by atoms with van der Waals surface area (Å²) in [7, 11) is 0. The Morgan fingerprint density at radius 2 is 1.21 bits per heavy atom. The number of carbonyl (C=O) groups excluding carboxylic acids is 2. The zero-order valence-corrected chi connectivity index (χ0v) is 24.5. The minimum Gasteiger partial charge on any atom is -0.481 e. The molecular weight excluding hydrogens is 514 g/mol. The number of esters is 1. The normalized spacial score (nSPS) is 11.7. The summed E-state index contributed by atoms with van der Waals surface area (Å²) in [5.41, 5.74) is -0.416. The first-order valence-corrected chi connectivity index (χ1v) is 13.8. The van der Waals surface area contributed by atoms with Crippen molar-refractivity contribution in [1.82, 2.24) is 5.32 Å². The van der Waals surface area contributed by atoms with Gasteiger partial charge in [0, 0.05) is 25.3 Å². The molecule has 0 aromatic rings. The predicted octanol–water partition coefficient (Wildman–Crippen LogP) is 4.30. The molecule has 0 aromatic carbocycles. The summed E-state index contributed by atoms with van der Waals surface area (Å²) in [6.07, 6.45) is 6.02. The first-order chi connectivity index (χ1) is 18.5. The van der Waals surface area contributed by atoms with Crippen LogP contribution >= 0.6 is 0 Å². The Kier molecular flexibility index (Phi) is 25.9. The number of carboxylic acids is 2. The second-order valence-corrected chi connectivity index (χ2v) is 9.67. The molecule has 0 heterocycles. The van der Waals surface area contributed by atoms with E-state index in [9.17, 15) is 19.2 Å². The van der Waals surface area contributed by atoms with Crippen LogP contribution in [-0.4, -0.2) is 73.6 Å². The molecule has 3 N–H and O–H groups in total. The quantitative estimate of drug-likeness (QED) is 0.0660. The van der Waals surface area contributed by atoms with Crippen LogP contribution in [0, 0.1) is 11.3 Å². The summed E-state index contributed by atoms with van der Waals surface area (Å²) in [5, 5.41) is 19.5. The molecule has 0 fully saturated rings. The summed E-state index contributed by atoms with van der Waals surface area (Å²) >= 11 is 0. The third-order valence-electron chi connectivity index (χ3n) is 5.74. The fourth-order valence-corrected chi connectivity index (χ4v) is 2.48. The summed E-state index contributed by atoms with van der Waals surface area (Å²) in [5.74, 6) is -1.77. The topological polar surface area (TPSA) is 167 Å². The van der Waals surface area contributed by atoms with Gasteiger partial charge in [-0.05, 0) is 58.8 Å². The summed E-state index contributed by atoms with van der Waals surface area (Å²) in [4.78, 5) is 62.9. The number of ether oxygens (including phenoxy) is 1. The van der Waals surface area contributed by atoms with Crippen LogP contribution in [0.2, 0.25) is 0 Å². The van der Waals surface area contributed by atoms with E-state index in [-0.39, 0.29) is 43.8 Å². The van der Waals surface area contributed by atoms with Crippen LogP contribution in [0.1, 0.15) is 98.8 Å². The average molecular weight is 566 g/mol. The molecule has 0 aliphatic heterocycles. The Labute approximate surface area is 232 Å². The lowest BCUT2D eigenvalue weighted by molar-refractivity contribution is -0.295. The van der Waals surface area contributed by atoms with Crippen molar-refractivity contribution in [2.45, 2.75) is 98.8 Å².